The number of carbonyl (C=O) groups is 1. The van der Waals surface area contributed by atoms with Crippen LogP contribution in [-0.4, -0.2) is 12.1 Å². The molecule has 2 heteroatoms. The maximum Gasteiger partial charge on any atom is 0.330 e. The summed E-state index contributed by atoms with van der Waals surface area (Å²) in [7, 11) is 0. The van der Waals surface area contributed by atoms with Crippen molar-refractivity contribution in [3.8, 4) is 0 Å². The van der Waals surface area contributed by atoms with Gasteiger partial charge >= 0.3 is 5.97 Å². The Labute approximate surface area is 80.0 Å². The lowest BCUT2D eigenvalue weighted by Crippen LogP contribution is -2.08. The fourth-order valence-electron chi connectivity index (χ4n) is 1.30. The molecule has 1 atom stereocenters. The molecule has 13 heavy (non-hydrogen) atoms. The first-order valence-electron chi connectivity index (χ1n) is 4.80. The van der Waals surface area contributed by atoms with Crippen LogP contribution in [0.25, 0.3) is 0 Å². The molecule has 0 spiro atoms. The summed E-state index contributed by atoms with van der Waals surface area (Å²) < 4.78 is 4.97. The molecule has 1 aliphatic carbocycles. The van der Waals surface area contributed by atoms with Crippen LogP contribution in [0.2, 0.25) is 0 Å². The van der Waals surface area contributed by atoms with E-state index in [4.69, 9.17) is 4.74 Å². The minimum absolute atomic E-state index is 0.0237. The van der Waals surface area contributed by atoms with Crippen LogP contribution in [0.1, 0.15) is 34.1 Å². The van der Waals surface area contributed by atoms with Gasteiger partial charge in [-0.15, -0.1) is 0 Å². The summed E-state index contributed by atoms with van der Waals surface area (Å²) in [6.07, 6.45) is 4.67. The van der Waals surface area contributed by atoms with Crippen molar-refractivity contribution in [2.45, 2.75) is 40.2 Å². The van der Waals surface area contributed by atoms with Crippen molar-refractivity contribution >= 4 is 5.97 Å². The molecule has 0 N–H and O–H groups in total. The second kappa shape index (κ2) is 3.52. The number of hydrogen-bond donors (Lipinski definition) is 0. The Kier molecular flexibility index (Phi) is 2.79. The highest BCUT2D eigenvalue weighted by atomic mass is 16.5. The number of ether oxygens (including phenoxy) is 1. The largest absolute Gasteiger partial charge is 0.460 e. The minimum Gasteiger partial charge on any atom is -0.460 e. The molecule has 1 saturated carbocycles. The molecule has 1 unspecified atom stereocenters. The van der Waals surface area contributed by atoms with Gasteiger partial charge in [-0.2, -0.15) is 0 Å². The summed E-state index contributed by atoms with van der Waals surface area (Å²) in [4.78, 5) is 11.1. The van der Waals surface area contributed by atoms with Crippen LogP contribution in [-0.2, 0) is 9.53 Å². The van der Waals surface area contributed by atoms with Crippen molar-refractivity contribution < 1.29 is 9.53 Å². The van der Waals surface area contributed by atoms with E-state index in [2.05, 4.69) is 13.8 Å². The van der Waals surface area contributed by atoms with E-state index >= 15 is 0 Å². The molecule has 1 rings (SSSR count). The Hall–Kier alpha value is -0.790. The highest BCUT2D eigenvalue weighted by Crippen LogP contribution is 2.52. The first-order valence-corrected chi connectivity index (χ1v) is 4.80. The third kappa shape index (κ3) is 3.21. The standard InChI is InChI=1S/C11H18O2/c1-8(2)13-10(12)6-5-9-7-11(9,3)4/h5-6,8-9H,7H2,1-4H3/b6-5-. The third-order valence-electron chi connectivity index (χ3n) is 2.41. The molecule has 0 aromatic heterocycles. The molecule has 0 aliphatic heterocycles. The smallest absolute Gasteiger partial charge is 0.330 e. The Morgan fingerprint density at radius 2 is 2.08 bits per heavy atom. The first-order chi connectivity index (χ1) is 5.92. The van der Waals surface area contributed by atoms with Gasteiger partial charge in [0.25, 0.3) is 0 Å². The second-order valence-electron chi connectivity index (χ2n) is 4.64. The average molecular weight is 182 g/mol. The van der Waals surface area contributed by atoms with Crippen molar-refractivity contribution in [3.63, 3.8) is 0 Å². The van der Waals surface area contributed by atoms with Gasteiger partial charge in [0.2, 0.25) is 0 Å². The predicted octanol–water partition coefficient (Wildman–Crippen LogP) is 2.54. The topological polar surface area (TPSA) is 26.3 Å². The van der Waals surface area contributed by atoms with Crippen molar-refractivity contribution in [3.05, 3.63) is 12.2 Å². The van der Waals surface area contributed by atoms with E-state index in [0.29, 0.717) is 11.3 Å². The normalized spacial score (nSPS) is 25.2. The lowest BCUT2D eigenvalue weighted by atomic mass is 10.1. The van der Waals surface area contributed by atoms with Crippen LogP contribution in [0.4, 0.5) is 0 Å². The number of hydrogen-bond acceptors (Lipinski definition) is 2. The summed E-state index contributed by atoms with van der Waals surface area (Å²) in [5, 5.41) is 0. The molecule has 0 aromatic rings. The van der Waals surface area contributed by atoms with E-state index in [9.17, 15) is 4.79 Å². The maximum absolute atomic E-state index is 11.1. The van der Waals surface area contributed by atoms with Gasteiger partial charge in [0.1, 0.15) is 0 Å². The number of carbonyl (C=O) groups excluding carboxylic acids is 1. The Morgan fingerprint density at radius 1 is 1.54 bits per heavy atom. The second-order valence-corrected chi connectivity index (χ2v) is 4.64. The van der Waals surface area contributed by atoms with E-state index in [0.717, 1.165) is 0 Å². The number of rotatable bonds is 3. The predicted molar refractivity (Wildman–Crippen MR) is 52.3 cm³/mol. The van der Waals surface area contributed by atoms with Gasteiger partial charge in [0.05, 0.1) is 6.10 Å². The van der Waals surface area contributed by atoms with Gasteiger partial charge in [-0.3, -0.25) is 0 Å². The number of allylic oxidation sites excluding steroid dienone is 1. The monoisotopic (exact) mass is 182 g/mol. The Morgan fingerprint density at radius 3 is 2.46 bits per heavy atom. The van der Waals surface area contributed by atoms with Gasteiger partial charge in [0, 0.05) is 6.08 Å². The van der Waals surface area contributed by atoms with E-state index in [-0.39, 0.29) is 12.1 Å². The fraction of sp³-hybridized carbons (Fsp3) is 0.727. The molecular formula is C11H18O2. The van der Waals surface area contributed by atoms with Crippen LogP contribution >= 0.6 is 0 Å². The Balaban J connectivity index is 2.29. The lowest BCUT2D eigenvalue weighted by molar-refractivity contribution is -0.141. The van der Waals surface area contributed by atoms with Gasteiger partial charge < -0.3 is 4.74 Å². The van der Waals surface area contributed by atoms with Crippen LogP contribution in [0.5, 0.6) is 0 Å². The zero-order chi connectivity index (χ0) is 10.1. The van der Waals surface area contributed by atoms with Crippen molar-refractivity contribution in [1.29, 1.82) is 0 Å². The quantitative estimate of drug-likeness (QED) is 0.495. The van der Waals surface area contributed by atoms with Crippen molar-refractivity contribution in [2.24, 2.45) is 11.3 Å². The van der Waals surface area contributed by atoms with Gasteiger partial charge in [-0.1, -0.05) is 19.9 Å². The Bertz CT molecular complexity index is 226. The molecule has 0 radical (unpaired) electrons. The molecule has 1 aliphatic rings. The highest BCUT2D eigenvalue weighted by molar-refractivity contribution is 5.82. The van der Waals surface area contributed by atoms with E-state index in [1.165, 1.54) is 6.42 Å². The molecule has 0 bridgehead atoms. The molecule has 0 aromatic carbocycles. The van der Waals surface area contributed by atoms with Crippen LogP contribution in [0, 0.1) is 11.3 Å². The molecular weight excluding hydrogens is 164 g/mol. The summed E-state index contributed by atoms with van der Waals surface area (Å²) in [6, 6.07) is 0. The molecule has 0 heterocycles. The molecule has 2 nitrogen and oxygen atoms in total. The van der Waals surface area contributed by atoms with Crippen molar-refractivity contribution in [2.75, 3.05) is 0 Å². The van der Waals surface area contributed by atoms with Crippen LogP contribution in [0.15, 0.2) is 12.2 Å². The molecule has 0 amide bonds. The van der Waals surface area contributed by atoms with Gasteiger partial charge in [-0.25, -0.2) is 4.79 Å². The molecule has 0 saturated heterocycles. The highest BCUT2D eigenvalue weighted by Gasteiger charge is 2.43. The third-order valence-corrected chi connectivity index (χ3v) is 2.41. The van der Waals surface area contributed by atoms with E-state index < -0.39 is 0 Å². The maximum atomic E-state index is 11.1. The van der Waals surface area contributed by atoms with Gasteiger partial charge in [0.15, 0.2) is 0 Å². The summed E-state index contributed by atoms with van der Waals surface area (Å²) in [5.74, 6) is 0.338. The summed E-state index contributed by atoms with van der Waals surface area (Å²) >= 11 is 0. The first kappa shape index (κ1) is 10.3. The SMILES string of the molecule is CC(C)OC(=O)/C=C\C1CC1(C)C. The summed E-state index contributed by atoms with van der Waals surface area (Å²) in [6.45, 7) is 8.12. The van der Waals surface area contributed by atoms with E-state index in [1.54, 1.807) is 6.08 Å². The van der Waals surface area contributed by atoms with Crippen LogP contribution < -0.4 is 0 Å². The zero-order valence-corrected chi connectivity index (χ0v) is 8.83. The molecule has 74 valence electrons. The van der Waals surface area contributed by atoms with E-state index in [1.807, 2.05) is 19.9 Å². The fourth-order valence-corrected chi connectivity index (χ4v) is 1.30. The number of esters is 1. The lowest BCUT2D eigenvalue weighted by Gasteiger charge is -2.03. The summed E-state index contributed by atoms with van der Waals surface area (Å²) in [5.41, 5.74) is 0.397. The average Bonchev–Trinajstić information content (AvgIpc) is 2.53. The van der Waals surface area contributed by atoms with Gasteiger partial charge in [-0.05, 0) is 31.6 Å². The van der Waals surface area contributed by atoms with Crippen molar-refractivity contribution in [1.82, 2.24) is 0 Å². The molecule has 1 fully saturated rings. The zero-order valence-electron chi connectivity index (χ0n) is 8.83. The minimum atomic E-state index is -0.224. The van der Waals surface area contributed by atoms with Crippen LogP contribution in [0.3, 0.4) is 0 Å².